The second kappa shape index (κ2) is 20.2. The largest absolute Gasteiger partial charge is 0.726 e. The lowest BCUT2D eigenvalue weighted by Crippen LogP contribution is -2.61. The van der Waals surface area contributed by atoms with Crippen molar-refractivity contribution in [3.63, 3.8) is 0 Å². The Balaban J connectivity index is 0.0000130. The Kier molecular flexibility index (Phi) is 19.8. The van der Waals surface area contributed by atoms with E-state index in [0.29, 0.717) is 0 Å². The highest BCUT2D eigenvalue weighted by atomic mass is 32.3. The van der Waals surface area contributed by atoms with Gasteiger partial charge in [-0.2, -0.15) is 0 Å². The lowest BCUT2D eigenvalue weighted by Gasteiger charge is -2.41. The van der Waals surface area contributed by atoms with E-state index >= 15 is 0 Å². The zero-order chi connectivity index (χ0) is 27.0. The Morgan fingerprint density at radius 3 is 2.05 bits per heavy atom. The van der Waals surface area contributed by atoms with Gasteiger partial charge in [0.2, 0.25) is 10.4 Å². The first-order valence-electron chi connectivity index (χ1n) is 13.1. The van der Waals surface area contributed by atoms with Crippen LogP contribution in [0.2, 0.25) is 0 Å². The summed E-state index contributed by atoms with van der Waals surface area (Å²) >= 11 is 0. The SMILES string of the molecule is CCCCCCCCCCCCCC=C[C@@H](O)[C@@H](N)CO[C@@H]1O[C@H](CO)[C@H](O)[C@H](OS(=O)(=O)[O-])[C@H]1O.[NH4+]. The van der Waals surface area contributed by atoms with Crippen molar-refractivity contribution in [2.45, 2.75) is 127 Å². The fraction of sp³-hybridized carbons (Fsp3) is 0.917. The summed E-state index contributed by atoms with van der Waals surface area (Å²) < 4.78 is 47.5. The lowest BCUT2D eigenvalue weighted by molar-refractivity contribution is -0.298. The number of aliphatic hydroxyl groups excluding tert-OH is 4. The molecule has 0 amide bonds. The van der Waals surface area contributed by atoms with Gasteiger partial charge >= 0.3 is 0 Å². The molecule has 0 unspecified atom stereocenters. The molecule has 7 atom stereocenters. The van der Waals surface area contributed by atoms with Crippen molar-refractivity contribution in [1.82, 2.24) is 6.15 Å². The Morgan fingerprint density at radius 2 is 1.54 bits per heavy atom. The summed E-state index contributed by atoms with van der Waals surface area (Å²) in [6.45, 7) is 1.18. The van der Waals surface area contributed by atoms with Crippen molar-refractivity contribution in [3.05, 3.63) is 12.2 Å². The van der Waals surface area contributed by atoms with Crippen LogP contribution >= 0.6 is 0 Å². The van der Waals surface area contributed by atoms with E-state index in [1.54, 1.807) is 6.08 Å². The summed E-state index contributed by atoms with van der Waals surface area (Å²) in [5, 5.41) is 39.7. The van der Waals surface area contributed by atoms with Gasteiger partial charge < -0.3 is 46.3 Å². The van der Waals surface area contributed by atoms with Gasteiger partial charge in [-0.25, -0.2) is 8.42 Å². The maximum atomic E-state index is 10.9. The van der Waals surface area contributed by atoms with Gasteiger partial charge in [-0.05, 0) is 12.8 Å². The highest BCUT2D eigenvalue weighted by Crippen LogP contribution is 2.25. The van der Waals surface area contributed by atoms with Gasteiger partial charge in [0.25, 0.3) is 0 Å². The minimum atomic E-state index is -5.25. The molecule has 1 fully saturated rings. The standard InChI is InChI=1S/C24H47NO10S.H3N/c1-2-3-4-5-6-7-8-9-10-11-12-13-14-15-19(27)18(25)17-33-24-22(29)23(35-36(30,31)32)21(28)20(16-26)34-24;/h14-15,18-24,26-29H,2-13,16-17,25H2,1H3,(H,30,31,32);1H3/t18-,19+,20+,21-,22+,23-,24+;/m0./s1. The predicted octanol–water partition coefficient (Wildman–Crippen LogP) is 1.61. The average Bonchev–Trinajstić information content (AvgIpc) is 2.83. The van der Waals surface area contributed by atoms with E-state index in [-0.39, 0.29) is 12.8 Å². The molecule has 1 saturated heterocycles. The fourth-order valence-corrected chi connectivity index (χ4v) is 4.55. The molecule has 1 heterocycles. The summed E-state index contributed by atoms with van der Waals surface area (Å²) in [5.41, 5.74) is 5.92. The topological polar surface area (TPSA) is 228 Å². The molecule has 222 valence electrons. The van der Waals surface area contributed by atoms with E-state index in [1.165, 1.54) is 57.8 Å². The second-order valence-corrected chi connectivity index (χ2v) is 10.4. The highest BCUT2D eigenvalue weighted by molar-refractivity contribution is 7.80. The number of nitrogens with two attached hydrogens (primary N) is 1. The van der Waals surface area contributed by atoms with Crippen LogP contribution in [0.1, 0.15) is 84.0 Å². The number of ether oxygens (including phenoxy) is 2. The van der Waals surface area contributed by atoms with Crippen molar-refractivity contribution in [2.24, 2.45) is 5.73 Å². The van der Waals surface area contributed by atoms with E-state index in [2.05, 4.69) is 11.1 Å². The van der Waals surface area contributed by atoms with Gasteiger partial charge in [0.1, 0.15) is 24.4 Å². The van der Waals surface area contributed by atoms with Gasteiger partial charge in [0, 0.05) is 0 Å². The van der Waals surface area contributed by atoms with Gasteiger partial charge in [-0.1, -0.05) is 83.3 Å². The van der Waals surface area contributed by atoms with Crippen LogP contribution in [0.15, 0.2) is 12.2 Å². The Labute approximate surface area is 221 Å². The molecule has 0 aromatic carbocycles. The van der Waals surface area contributed by atoms with Crippen LogP contribution in [0.25, 0.3) is 0 Å². The number of hydrogen-bond donors (Lipinski definition) is 6. The molecule has 12 nitrogen and oxygen atoms in total. The number of hydrogen-bond acceptors (Lipinski definition) is 11. The molecule has 1 rings (SSSR count). The Bertz CT molecular complexity index is 697. The van der Waals surface area contributed by atoms with Crippen molar-refractivity contribution in [1.29, 1.82) is 0 Å². The second-order valence-electron chi connectivity index (χ2n) is 9.42. The van der Waals surface area contributed by atoms with Crippen LogP contribution in [0, 0.1) is 0 Å². The first kappa shape index (κ1) is 36.3. The molecule has 1 aliphatic heterocycles. The fourth-order valence-electron chi connectivity index (χ4n) is 4.05. The van der Waals surface area contributed by atoms with Gasteiger partial charge in [0.05, 0.1) is 25.4 Å². The minimum Gasteiger partial charge on any atom is -0.726 e. The maximum Gasteiger partial charge on any atom is 0.218 e. The molecule has 0 bridgehead atoms. The van der Waals surface area contributed by atoms with Crippen LogP contribution in [0.5, 0.6) is 0 Å². The third kappa shape index (κ3) is 15.5. The number of aliphatic hydroxyl groups is 4. The number of rotatable bonds is 20. The zero-order valence-electron chi connectivity index (χ0n) is 22.3. The van der Waals surface area contributed by atoms with E-state index in [1.807, 2.05) is 6.08 Å². The average molecular weight is 559 g/mol. The number of quaternary nitrogens is 1. The lowest BCUT2D eigenvalue weighted by atomic mass is 9.99. The molecular weight excluding hydrogens is 508 g/mol. The molecular formula is C24H50N2O10S. The van der Waals surface area contributed by atoms with Gasteiger partial charge in [-0.15, -0.1) is 0 Å². The van der Waals surface area contributed by atoms with Crippen LogP contribution in [0.4, 0.5) is 0 Å². The van der Waals surface area contributed by atoms with Crippen LogP contribution < -0.4 is 11.9 Å². The smallest absolute Gasteiger partial charge is 0.218 e. The highest BCUT2D eigenvalue weighted by Gasteiger charge is 2.47. The Morgan fingerprint density at radius 1 is 1.00 bits per heavy atom. The van der Waals surface area contributed by atoms with E-state index in [9.17, 15) is 33.4 Å². The number of allylic oxidation sites excluding steroid dienone is 1. The zero-order valence-corrected chi connectivity index (χ0v) is 23.1. The van der Waals surface area contributed by atoms with Crippen LogP contribution in [0.3, 0.4) is 0 Å². The van der Waals surface area contributed by atoms with E-state index < -0.39 is 59.9 Å². The summed E-state index contributed by atoms with van der Waals surface area (Å²) in [6.07, 6.45) is 8.57. The monoisotopic (exact) mass is 558 g/mol. The van der Waals surface area contributed by atoms with Crippen molar-refractivity contribution >= 4 is 10.4 Å². The summed E-state index contributed by atoms with van der Waals surface area (Å²) in [6, 6.07) is -0.892. The van der Waals surface area contributed by atoms with Gasteiger partial charge in [-0.3, -0.25) is 4.18 Å². The molecule has 0 aromatic heterocycles. The van der Waals surface area contributed by atoms with E-state index in [0.717, 1.165) is 19.3 Å². The molecule has 10 N–H and O–H groups in total. The van der Waals surface area contributed by atoms with E-state index in [4.69, 9.17) is 15.2 Å². The van der Waals surface area contributed by atoms with Crippen molar-refractivity contribution in [2.75, 3.05) is 13.2 Å². The molecule has 0 spiro atoms. The maximum absolute atomic E-state index is 10.9. The third-order valence-corrected chi connectivity index (χ3v) is 6.71. The van der Waals surface area contributed by atoms with Gasteiger partial charge in [0.15, 0.2) is 6.29 Å². The summed E-state index contributed by atoms with van der Waals surface area (Å²) in [7, 11) is -5.25. The first-order chi connectivity index (χ1) is 17.1. The van der Waals surface area contributed by atoms with Crippen LogP contribution in [-0.4, -0.2) is 89.5 Å². The van der Waals surface area contributed by atoms with Crippen molar-refractivity contribution in [3.8, 4) is 0 Å². The first-order valence-corrected chi connectivity index (χ1v) is 14.4. The molecule has 1 aliphatic rings. The summed E-state index contributed by atoms with van der Waals surface area (Å²) in [4.78, 5) is 0. The molecule has 0 radical (unpaired) electrons. The summed E-state index contributed by atoms with van der Waals surface area (Å²) in [5.74, 6) is 0. The third-order valence-electron chi connectivity index (χ3n) is 6.25. The normalized spacial score (nSPS) is 26.2. The number of unbranched alkanes of at least 4 members (excludes halogenated alkanes) is 11. The Hall–Kier alpha value is -0.710. The quantitative estimate of drug-likeness (QED) is 0.0544. The molecule has 13 heteroatoms. The van der Waals surface area contributed by atoms with Crippen molar-refractivity contribution < 1.29 is 47.1 Å². The molecule has 37 heavy (non-hydrogen) atoms. The van der Waals surface area contributed by atoms with Crippen LogP contribution in [-0.2, 0) is 24.1 Å². The molecule has 0 aromatic rings. The minimum absolute atomic E-state index is 0. The molecule has 0 aliphatic carbocycles. The molecule has 0 saturated carbocycles. The predicted molar refractivity (Wildman–Crippen MR) is 138 cm³/mol.